The van der Waals surface area contributed by atoms with Crippen molar-refractivity contribution in [2.45, 2.75) is 50.9 Å². The molecule has 1 aliphatic rings. The molecule has 2 amide bonds. The zero-order valence-electron chi connectivity index (χ0n) is 30.9. The number of Topliss-reactive ketones (excluding diaryl/α,β-unsaturated/α-hetero) is 1. The monoisotopic (exact) mass is 917 g/mol. The Morgan fingerprint density at radius 2 is 1.73 bits per heavy atom. The number of anilines is 1. The predicted octanol–water partition coefficient (Wildman–Crippen LogP) is -0.568. The number of phenolic OH excluding ortho intramolecular Hbond substituents is 2. The maximum Gasteiger partial charge on any atom is 0.481 e. The largest absolute Gasteiger partial charge is 0.508 e. The molecule has 3 aromatic rings. The van der Waals surface area contributed by atoms with Crippen molar-refractivity contribution in [2.75, 3.05) is 43.5 Å². The summed E-state index contributed by atoms with van der Waals surface area (Å²) in [7, 11) is -16.4. The van der Waals surface area contributed by atoms with E-state index in [0.29, 0.717) is 5.75 Å². The number of amides is 2. The maximum absolute atomic E-state index is 12.7. The van der Waals surface area contributed by atoms with E-state index in [2.05, 4.69) is 34.4 Å². The number of ketones is 1. The minimum Gasteiger partial charge on any atom is -0.508 e. The van der Waals surface area contributed by atoms with Crippen LogP contribution in [0.2, 0.25) is 0 Å². The summed E-state index contributed by atoms with van der Waals surface area (Å²) in [4.78, 5) is 87.9. The molecule has 2 aromatic heterocycles. The van der Waals surface area contributed by atoms with Gasteiger partial charge in [0.2, 0.25) is 11.8 Å². The van der Waals surface area contributed by atoms with Gasteiger partial charge in [-0.3, -0.25) is 32.5 Å². The molecule has 1 aromatic carbocycles. The van der Waals surface area contributed by atoms with Gasteiger partial charge in [-0.1, -0.05) is 13.8 Å². The third-order valence-corrected chi connectivity index (χ3v) is 12.2. The number of imidazole rings is 1. The summed E-state index contributed by atoms with van der Waals surface area (Å²) in [6, 6.07) is 3.59. The quantitative estimate of drug-likeness (QED) is 0.0341. The first kappa shape index (κ1) is 48.1. The number of nitrogens with one attached hydrogen (secondary N) is 2. The highest BCUT2D eigenvalue weighted by Gasteiger charge is 2.50. The Kier molecular flexibility index (Phi) is 16.2. The van der Waals surface area contributed by atoms with Crippen LogP contribution in [0.1, 0.15) is 36.9 Å². The summed E-state index contributed by atoms with van der Waals surface area (Å²) >= 11 is 1.18. The number of nitrogen functional groups attached to an aromatic ring is 1. The van der Waals surface area contributed by atoms with Gasteiger partial charge < -0.3 is 61.1 Å². The first-order valence-corrected chi connectivity index (χ1v) is 22.6. The van der Waals surface area contributed by atoms with Gasteiger partial charge in [-0.2, -0.15) is 16.1 Å². The van der Waals surface area contributed by atoms with Crippen LogP contribution in [0.5, 0.6) is 11.5 Å². The molecule has 0 bridgehead atoms. The molecule has 59 heavy (non-hydrogen) atoms. The molecule has 30 heteroatoms. The summed E-state index contributed by atoms with van der Waals surface area (Å²) in [5.74, 6) is -2.15. The summed E-state index contributed by atoms with van der Waals surface area (Å²) in [6.45, 7) is 0.332. The number of fused-ring (bicyclic) bond motifs is 1. The van der Waals surface area contributed by atoms with Crippen molar-refractivity contribution in [3.63, 3.8) is 0 Å². The van der Waals surface area contributed by atoms with Crippen LogP contribution in [-0.2, 0) is 45.9 Å². The lowest BCUT2D eigenvalue weighted by atomic mass is 9.87. The van der Waals surface area contributed by atoms with Crippen molar-refractivity contribution in [2.24, 2.45) is 5.41 Å². The van der Waals surface area contributed by atoms with E-state index in [0.717, 1.165) is 23.3 Å². The van der Waals surface area contributed by atoms with E-state index in [9.17, 15) is 68.1 Å². The van der Waals surface area contributed by atoms with Crippen LogP contribution in [0, 0.1) is 5.41 Å². The molecule has 3 heterocycles. The molecule has 1 aliphatic heterocycles. The van der Waals surface area contributed by atoms with Gasteiger partial charge in [0.05, 0.1) is 30.9 Å². The van der Waals surface area contributed by atoms with Gasteiger partial charge in [0, 0.05) is 36.7 Å². The Morgan fingerprint density at radius 3 is 2.41 bits per heavy atom. The molecule has 26 nitrogen and oxygen atoms in total. The van der Waals surface area contributed by atoms with Crippen LogP contribution < -0.4 is 16.4 Å². The number of carbonyl (C=O) groups is 3. The lowest BCUT2D eigenvalue weighted by Gasteiger charge is -2.30. The average molecular weight is 918 g/mol. The number of aliphatic hydroxyl groups excluding tert-OH is 2. The van der Waals surface area contributed by atoms with Crippen molar-refractivity contribution in [3.8, 4) is 11.5 Å². The highest BCUT2D eigenvalue weighted by molar-refractivity contribution is 8.00. The number of phenols is 2. The number of aromatic nitrogens is 4. The summed E-state index contributed by atoms with van der Waals surface area (Å²) in [5, 5.41) is 45.5. The van der Waals surface area contributed by atoms with Crippen LogP contribution in [0.3, 0.4) is 0 Å². The lowest BCUT2D eigenvalue weighted by Crippen LogP contribution is -2.46. The van der Waals surface area contributed by atoms with E-state index in [1.165, 1.54) is 37.7 Å². The molecular weight excluding hydrogens is 875 g/mol. The maximum atomic E-state index is 12.7. The van der Waals surface area contributed by atoms with Crippen LogP contribution >= 0.6 is 35.2 Å². The topological polar surface area (TPSA) is 404 Å². The van der Waals surface area contributed by atoms with E-state index in [4.69, 9.17) is 19.5 Å². The third kappa shape index (κ3) is 13.7. The first-order chi connectivity index (χ1) is 27.4. The molecule has 0 aliphatic carbocycles. The Labute approximate surface area is 337 Å². The van der Waals surface area contributed by atoms with E-state index in [1.54, 1.807) is 0 Å². The molecule has 1 fully saturated rings. The standard InChI is InChI=1S/C29H42N7O19P3S/c1-29(2,24(42)27(43)32-6-5-20(40)31-7-8-59-11-18(39)16-4-3-15(37)9-17(16)38)12-52-58(49,50)55-57(47,48)51-10-19-23(54-56(44,45)46)22(41)28(53-19)36-14-35-21-25(30)33-13-34-26(21)36/h3-4,9,13-14,19,22-24,28,37-38,41-42H,5-8,10-12H2,1-2H3,(H,31,40)(H,32,43)(H,47,48)(H,49,50)(H2,30,33,34)(H2,44,45,46)/t19-,22-,23-,24+,28-/m1/s1. The van der Waals surface area contributed by atoms with E-state index >= 15 is 0 Å². The van der Waals surface area contributed by atoms with E-state index in [1.807, 2.05) is 0 Å². The van der Waals surface area contributed by atoms with Gasteiger partial charge in [0.15, 0.2) is 23.5 Å². The number of hydrogen-bond donors (Lipinski definition) is 11. The SMILES string of the molecule is CC(C)(COP(=O)(O)OP(=O)(O)OC[C@H]1O[C@@H](n2cnc3c(N)ncnc32)[C@H](O)[C@@H]1OP(=O)(O)O)[C@@H](O)C(=O)NCCC(=O)NCCSCC(=O)c1ccc(O)cc1O. The second-order valence-electron chi connectivity index (χ2n) is 13.2. The van der Waals surface area contributed by atoms with Gasteiger partial charge in [0.1, 0.15) is 47.8 Å². The molecule has 4 rings (SSSR count). The molecule has 12 N–H and O–H groups in total. The zero-order valence-corrected chi connectivity index (χ0v) is 34.4. The average Bonchev–Trinajstić information content (AvgIpc) is 3.69. The number of phosphoric ester groups is 3. The number of thioether (sulfide) groups is 1. The van der Waals surface area contributed by atoms with Crippen LogP contribution in [0.25, 0.3) is 11.2 Å². The number of ether oxygens (including phenoxy) is 1. The molecule has 2 unspecified atom stereocenters. The minimum atomic E-state index is -5.59. The van der Waals surface area contributed by atoms with Gasteiger partial charge in [-0.25, -0.2) is 28.6 Å². The van der Waals surface area contributed by atoms with Crippen LogP contribution in [0.4, 0.5) is 5.82 Å². The van der Waals surface area contributed by atoms with Crippen molar-refractivity contribution in [1.29, 1.82) is 0 Å². The van der Waals surface area contributed by atoms with Crippen molar-refractivity contribution in [3.05, 3.63) is 36.4 Å². The molecule has 7 atom stereocenters. The second kappa shape index (κ2) is 19.8. The van der Waals surface area contributed by atoms with Gasteiger partial charge in [-0.05, 0) is 12.1 Å². The minimum absolute atomic E-state index is 0.00498. The summed E-state index contributed by atoms with van der Waals surface area (Å²) in [6.07, 6.45) is -7.06. The fourth-order valence-electron chi connectivity index (χ4n) is 5.20. The lowest BCUT2D eigenvalue weighted by molar-refractivity contribution is -0.137. The van der Waals surface area contributed by atoms with Crippen molar-refractivity contribution >= 4 is 69.8 Å². The Hall–Kier alpha value is -3.62. The van der Waals surface area contributed by atoms with Crippen LogP contribution in [0.15, 0.2) is 30.9 Å². The number of carbonyl (C=O) groups excluding carboxylic acids is 3. The first-order valence-electron chi connectivity index (χ1n) is 16.9. The van der Waals surface area contributed by atoms with Crippen molar-refractivity contribution < 1.29 is 90.7 Å². The predicted molar refractivity (Wildman–Crippen MR) is 201 cm³/mol. The fraction of sp³-hybridized carbons (Fsp3) is 0.517. The number of rotatable bonds is 22. The molecular formula is C29H42N7O19P3S. The van der Waals surface area contributed by atoms with E-state index in [-0.39, 0.29) is 65.1 Å². The van der Waals surface area contributed by atoms with E-state index < -0.39 is 84.6 Å². The van der Waals surface area contributed by atoms with Crippen molar-refractivity contribution in [1.82, 2.24) is 30.2 Å². The smallest absolute Gasteiger partial charge is 0.481 e. The fourth-order valence-corrected chi connectivity index (χ4v) is 8.76. The molecule has 0 spiro atoms. The summed E-state index contributed by atoms with van der Waals surface area (Å²) in [5.41, 5.74) is 4.25. The third-order valence-electron chi connectivity index (χ3n) is 8.16. The molecule has 0 radical (unpaired) electrons. The number of nitrogens with two attached hydrogens (primary N) is 1. The highest BCUT2D eigenvalue weighted by Crippen LogP contribution is 2.61. The number of nitrogens with zero attached hydrogens (tertiary/aromatic N) is 4. The Bertz CT molecular complexity index is 2140. The Balaban J connectivity index is 1.21. The normalized spacial score (nSPS) is 21.1. The summed E-state index contributed by atoms with van der Waals surface area (Å²) < 4.78 is 62.1. The number of aromatic hydroxyl groups is 2. The highest BCUT2D eigenvalue weighted by atomic mass is 32.2. The van der Waals surface area contributed by atoms with Gasteiger partial charge in [-0.15, -0.1) is 0 Å². The number of hydrogen-bond acceptors (Lipinski definition) is 20. The van der Waals surface area contributed by atoms with Crippen LogP contribution in [-0.4, -0.2) is 139 Å². The number of phosphoric acid groups is 3. The molecule has 1 saturated heterocycles. The zero-order chi connectivity index (χ0) is 43.9. The number of aliphatic hydroxyl groups is 2. The molecule has 328 valence electrons. The van der Waals surface area contributed by atoms with Gasteiger partial charge >= 0.3 is 23.5 Å². The molecule has 0 saturated carbocycles. The second-order valence-corrected chi connectivity index (χ2v) is 18.6. The van der Waals surface area contributed by atoms with Gasteiger partial charge in [0.25, 0.3) is 0 Å². The number of benzene rings is 1. The Morgan fingerprint density at radius 1 is 1.03 bits per heavy atom.